The Hall–Kier alpha value is -2.43. The number of benzene rings is 1. The highest BCUT2D eigenvalue weighted by Crippen LogP contribution is 2.15. The van der Waals surface area contributed by atoms with E-state index in [9.17, 15) is 4.39 Å². The van der Waals surface area contributed by atoms with Gasteiger partial charge >= 0.3 is 0 Å². The second-order valence-corrected chi connectivity index (χ2v) is 4.03. The summed E-state index contributed by atoms with van der Waals surface area (Å²) in [6.07, 6.45) is 0.363. The van der Waals surface area contributed by atoms with E-state index in [-0.39, 0.29) is 5.82 Å². The van der Waals surface area contributed by atoms with Gasteiger partial charge in [0, 0.05) is 6.42 Å². The van der Waals surface area contributed by atoms with Crippen LogP contribution in [0.3, 0.4) is 0 Å². The van der Waals surface area contributed by atoms with E-state index in [2.05, 4.69) is 10.2 Å². The van der Waals surface area contributed by atoms with Crippen LogP contribution in [0.1, 0.15) is 11.4 Å². The first-order valence-corrected chi connectivity index (χ1v) is 5.57. The summed E-state index contributed by atoms with van der Waals surface area (Å²) in [6.45, 7) is 0. The van der Waals surface area contributed by atoms with Gasteiger partial charge in [0.25, 0.3) is 0 Å². The summed E-state index contributed by atoms with van der Waals surface area (Å²) in [5.41, 5.74) is 7.13. The van der Waals surface area contributed by atoms with Gasteiger partial charge in [-0.15, -0.1) is 10.2 Å². The average molecular weight is 242 g/mol. The number of nitrogen functional groups attached to an aromatic ring is 1. The SMILES string of the molecule is Nc1cccc2nnc(Cc3ccccc3F)n12. The van der Waals surface area contributed by atoms with Gasteiger partial charge in [0.15, 0.2) is 5.65 Å². The van der Waals surface area contributed by atoms with Crippen LogP contribution in [0.4, 0.5) is 10.2 Å². The summed E-state index contributed by atoms with van der Waals surface area (Å²) in [6, 6.07) is 12.0. The molecule has 2 aromatic heterocycles. The van der Waals surface area contributed by atoms with Crippen LogP contribution in [-0.4, -0.2) is 14.6 Å². The first-order valence-electron chi connectivity index (χ1n) is 5.57. The fourth-order valence-electron chi connectivity index (χ4n) is 1.95. The fraction of sp³-hybridized carbons (Fsp3) is 0.0769. The third kappa shape index (κ3) is 1.69. The van der Waals surface area contributed by atoms with Crippen molar-refractivity contribution >= 4 is 11.5 Å². The molecule has 0 spiro atoms. The molecule has 0 saturated heterocycles. The largest absolute Gasteiger partial charge is 0.385 e. The van der Waals surface area contributed by atoms with E-state index in [0.717, 1.165) is 0 Å². The molecule has 0 bridgehead atoms. The fourth-order valence-corrected chi connectivity index (χ4v) is 1.95. The number of anilines is 1. The Labute approximate surface area is 103 Å². The van der Waals surface area contributed by atoms with E-state index in [1.54, 1.807) is 28.7 Å². The first kappa shape index (κ1) is 10.7. The van der Waals surface area contributed by atoms with Crippen molar-refractivity contribution in [2.45, 2.75) is 6.42 Å². The van der Waals surface area contributed by atoms with Crippen LogP contribution in [0.2, 0.25) is 0 Å². The molecule has 0 atom stereocenters. The molecule has 1 aromatic carbocycles. The summed E-state index contributed by atoms with van der Waals surface area (Å²) in [5, 5.41) is 8.07. The Morgan fingerprint density at radius 1 is 1.06 bits per heavy atom. The summed E-state index contributed by atoms with van der Waals surface area (Å²) >= 11 is 0. The smallest absolute Gasteiger partial charge is 0.162 e. The Morgan fingerprint density at radius 2 is 1.89 bits per heavy atom. The minimum Gasteiger partial charge on any atom is -0.385 e. The zero-order chi connectivity index (χ0) is 12.5. The number of hydrogen-bond donors (Lipinski definition) is 1. The van der Waals surface area contributed by atoms with E-state index < -0.39 is 0 Å². The molecular weight excluding hydrogens is 231 g/mol. The lowest BCUT2D eigenvalue weighted by Crippen LogP contribution is -2.03. The second kappa shape index (κ2) is 4.10. The van der Waals surface area contributed by atoms with Gasteiger partial charge in [0.1, 0.15) is 17.5 Å². The number of aromatic nitrogens is 3. The number of fused-ring (bicyclic) bond motifs is 1. The molecule has 0 unspecified atom stereocenters. The van der Waals surface area contributed by atoms with Gasteiger partial charge in [-0.1, -0.05) is 24.3 Å². The maximum Gasteiger partial charge on any atom is 0.162 e. The van der Waals surface area contributed by atoms with Crippen molar-refractivity contribution in [3.8, 4) is 0 Å². The molecule has 0 amide bonds. The lowest BCUT2D eigenvalue weighted by Gasteiger charge is -2.04. The molecule has 4 nitrogen and oxygen atoms in total. The highest BCUT2D eigenvalue weighted by atomic mass is 19.1. The van der Waals surface area contributed by atoms with E-state index in [1.807, 2.05) is 12.1 Å². The van der Waals surface area contributed by atoms with Crippen LogP contribution in [-0.2, 0) is 6.42 Å². The Morgan fingerprint density at radius 3 is 2.72 bits per heavy atom. The van der Waals surface area contributed by atoms with Gasteiger partial charge in [0.2, 0.25) is 0 Å². The van der Waals surface area contributed by atoms with Gasteiger partial charge < -0.3 is 5.73 Å². The van der Waals surface area contributed by atoms with E-state index in [0.29, 0.717) is 29.3 Å². The molecular formula is C13H11FN4. The first-order chi connectivity index (χ1) is 8.75. The number of halogens is 1. The topological polar surface area (TPSA) is 56.2 Å². The molecule has 5 heteroatoms. The lowest BCUT2D eigenvalue weighted by molar-refractivity contribution is 0.612. The van der Waals surface area contributed by atoms with Gasteiger partial charge in [0.05, 0.1) is 0 Å². The second-order valence-electron chi connectivity index (χ2n) is 4.03. The third-order valence-electron chi connectivity index (χ3n) is 2.83. The molecule has 0 aliphatic carbocycles. The minimum absolute atomic E-state index is 0.247. The Balaban J connectivity index is 2.09. The van der Waals surface area contributed by atoms with Crippen LogP contribution in [0.15, 0.2) is 42.5 Å². The zero-order valence-electron chi connectivity index (χ0n) is 9.55. The molecule has 0 aliphatic rings. The van der Waals surface area contributed by atoms with Gasteiger partial charge in [-0.05, 0) is 23.8 Å². The van der Waals surface area contributed by atoms with Crippen molar-refractivity contribution in [2.75, 3.05) is 5.73 Å². The molecule has 18 heavy (non-hydrogen) atoms. The van der Waals surface area contributed by atoms with Gasteiger partial charge in [-0.2, -0.15) is 0 Å². The molecule has 2 heterocycles. The quantitative estimate of drug-likeness (QED) is 0.748. The predicted molar refractivity (Wildman–Crippen MR) is 66.6 cm³/mol. The molecule has 0 aliphatic heterocycles. The number of nitrogens with two attached hydrogens (primary N) is 1. The lowest BCUT2D eigenvalue weighted by atomic mass is 10.1. The predicted octanol–water partition coefficient (Wildman–Crippen LogP) is 2.04. The molecule has 3 rings (SSSR count). The maximum absolute atomic E-state index is 13.6. The van der Waals surface area contributed by atoms with Crippen LogP contribution >= 0.6 is 0 Å². The minimum atomic E-state index is -0.247. The van der Waals surface area contributed by atoms with Crippen LogP contribution in [0.25, 0.3) is 5.65 Å². The highest BCUT2D eigenvalue weighted by Gasteiger charge is 2.10. The molecule has 0 fully saturated rings. The van der Waals surface area contributed by atoms with Gasteiger partial charge in [-0.3, -0.25) is 4.40 Å². The summed E-state index contributed by atoms with van der Waals surface area (Å²) in [7, 11) is 0. The monoisotopic (exact) mass is 242 g/mol. The van der Waals surface area contributed by atoms with Crippen LogP contribution in [0, 0.1) is 5.82 Å². The number of nitrogens with zero attached hydrogens (tertiary/aromatic N) is 3. The van der Waals surface area contributed by atoms with E-state index in [1.165, 1.54) is 6.07 Å². The summed E-state index contributed by atoms with van der Waals surface area (Å²) < 4.78 is 15.3. The van der Waals surface area contributed by atoms with Crippen molar-refractivity contribution in [1.82, 2.24) is 14.6 Å². The molecule has 0 radical (unpaired) electrons. The molecule has 90 valence electrons. The standard InChI is InChI=1S/C13H11FN4/c14-10-5-2-1-4-9(10)8-13-17-16-12-7-3-6-11(15)18(12)13/h1-7H,8,15H2. The van der Waals surface area contributed by atoms with Gasteiger partial charge in [-0.25, -0.2) is 4.39 Å². The highest BCUT2D eigenvalue weighted by molar-refractivity contribution is 5.48. The van der Waals surface area contributed by atoms with Crippen molar-refractivity contribution in [1.29, 1.82) is 0 Å². The van der Waals surface area contributed by atoms with Crippen molar-refractivity contribution in [3.63, 3.8) is 0 Å². The average Bonchev–Trinajstić information content (AvgIpc) is 2.77. The molecule has 0 saturated carbocycles. The number of hydrogen-bond acceptors (Lipinski definition) is 3. The van der Waals surface area contributed by atoms with Crippen LogP contribution < -0.4 is 5.73 Å². The van der Waals surface area contributed by atoms with E-state index in [4.69, 9.17) is 5.73 Å². The van der Waals surface area contributed by atoms with Crippen LogP contribution in [0.5, 0.6) is 0 Å². The van der Waals surface area contributed by atoms with Crippen molar-refractivity contribution in [2.24, 2.45) is 0 Å². The zero-order valence-corrected chi connectivity index (χ0v) is 9.55. The maximum atomic E-state index is 13.6. The summed E-state index contributed by atoms with van der Waals surface area (Å²) in [4.78, 5) is 0. The number of rotatable bonds is 2. The molecule has 3 aromatic rings. The third-order valence-corrected chi connectivity index (χ3v) is 2.83. The normalized spacial score (nSPS) is 10.9. The van der Waals surface area contributed by atoms with E-state index >= 15 is 0 Å². The summed E-state index contributed by atoms with van der Waals surface area (Å²) in [5.74, 6) is 0.931. The number of pyridine rings is 1. The Kier molecular flexibility index (Phi) is 2.44. The van der Waals surface area contributed by atoms with Crippen molar-refractivity contribution < 1.29 is 4.39 Å². The van der Waals surface area contributed by atoms with Crippen molar-refractivity contribution in [3.05, 3.63) is 59.7 Å². The Bertz CT molecular complexity index is 705. The molecule has 2 N–H and O–H groups in total.